The monoisotopic (exact) mass is 400 g/mol. The molecule has 4 heteroatoms. The summed E-state index contributed by atoms with van der Waals surface area (Å²) in [7, 11) is 0. The maximum absolute atomic E-state index is 12.9. The number of ether oxygens (including phenoxy) is 1. The summed E-state index contributed by atoms with van der Waals surface area (Å²) in [5, 5.41) is 3.46. The number of esters is 1. The standard InChI is InChI=1S/C25H40N2O2/c1-4-6-10-17-27-22-15-13-21(14-16-22)19(3)24(23(26)5-2)25(28)29-18-20-11-8-7-9-12-20/h13-16,19-20,27H,4-12,17-18,26H2,1-3H3/b24-23+. The van der Waals surface area contributed by atoms with Gasteiger partial charge in [-0.05, 0) is 49.3 Å². The topological polar surface area (TPSA) is 64.3 Å². The van der Waals surface area contributed by atoms with Crippen LogP contribution in [0.15, 0.2) is 35.5 Å². The Morgan fingerprint density at radius 2 is 1.83 bits per heavy atom. The van der Waals surface area contributed by atoms with Gasteiger partial charge in [0.1, 0.15) is 0 Å². The van der Waals surface area contributed by atoms with E-state index in [1.54, 1.807) is 0 Å². The Bertz CT molecular complexity index is 645. The van der Waals surface area contributed by atoms with E-state index in [1.165, 1.54) is 38.5 Å². The van der Waals surface area contributed by atoms with Gasteiger partial charge in [0, 0.05) is 23.8 Å². The van der Waals surface area contributed by atoms with E-state index < -0.39 is 0 Å². The molecule has 2 rings (SSSR count). The molecular weight excluding hydrogens is 360 g/mol. The molecule has 4 nitrogen and oxygen atoms in total. The van der Waals surface area contributed by atoms with Crippen LogP contribution in [-0.4, -0.2) is 19.1 Å². The SMILES string of the molecule is CCCCCNc1ccc(C(C)/C(C(=O)OCC2CCCCC2)=C(\N)CC)cc1. The Balaban J connectivity index is 2.00. The molecule has 1 aromatic carbocycles. The molecule has 3 N–H and O–H groups in total. The molecule has 0 aliphatic heterocycles. The zero-order valence-electron chi connectivity index (χ0n) is 18.6. The van der Waals surface area contributed by atoms with Gasteiger partial charge in [-0.1, -0.05) is 65.0 Å². The van der Waals surface area contributed by atoms with Crippen molar-refractivity contribution in [2.75, 3.05) is 18.5 Å². The van der Waals surface area contributed by atoms with Crippen molar-refractivity contribution in [1.82, 2.24) is 0 Å². The van der Waals surface area contributed by atoms with Gasteiger partial charge in [-0.2, -0.15) is 0 Å². The highest BCUT2D eigenvalue weighted by Gasteiger charge is 2.24. The third-order valence-corrected chi connectivity index (χ3v) is 6.07. The number of carbonyl (C=O) groups excluding carboxylic acids is 1. The van der Waals surface area contributed by atoms with E-state index >= 15 is 0 Å². The fourth-order valence-electron chi connectivity index (χ4n) is 4.07. The molecular formula is C25H40N2O2. The average molecular weight is 401 g/mol. The van der Waals surface area contributed by atoms with Crippen molar-refractivity contribution in [2.24, 2.45) is 11.7 Å². The lowest BCUT2D eigenvalue weighted by Crippen LogP contribution is -2.22. The van der Waals surface area contributed by atoms with E-state index in [4.69, 9.17) is 10.5 Å². The maximum Gasteiger partial charge on any atom is 0.336 e. The first kappa shape index (κ1) is 23.3. The quantitative estimate of drug-likeness (QED) is 0.266. The highest BCUT2D eigenvalue weighted by atomic mass is 16.5. The van der Waals surface area contributed by atoms with E-state index in [0.29, 0.717) is 30.2 Å². The molecule has 1 aliphatic rings. The lowest BCUT2D eigenvalue weighted by Gasteiger charge is -2.23. The largest absolute Gasteiger partial charge is 0.462 e. The molecule has 0 heterocycles. The molecule has 0 amide bonds. The summed E-state index contributed by atoms with van der Waals surface area (Å²) in [6, 6.07) is 8.35. The summed E-state index contributed by atoms with van der Waals surface area (Å²) in [6.07, 6.45) is 10.4. The molecule has 0 saturated heterocycles. The van der Waals surface area contributed by atoms with Gasteiger partial charge in [0.15, 0.2) is 0 Å². The number of carbonyl (C=O) groups is 1. The molecule has 162 valence electrons. The van der Waals surface area contributed by atoms with E-state index in [1.807, 2.05) is 13.8 Å². The Hall–Kier alpha value is -1.97. The summed E-state index contributed by atoms with van der Waals surface area (Å²) in [6.45, 7) is 7.75. The second-order valence-corrected chi connectivity index (χ2v) is 8.37. The number of allylic oxidation sites excluding steroid dienone is 1. The van der Waals surface area contributed by atoms with Gasteiger partial charge in [-0.3, -0.25) is 0 Å². The van der Waals surface area contributed by atoms with Crippen LogP contribution >= 0.6 is 0 Å². The van der Waals surface area contributed by atoms with Crippen molar-refractivity contribution in [3.8, 4) is 0 Å². The summed E-state index contributed by atoms with van der Waals surface area (Å²) in [4.78, 5) is 12.9. The minimum absolute atomic E-state index is 0.0806. The summed E-state index contributed by atoms with van der Waals surface area (Å²) in [5.74, 6) is 0.178. The number of rotatable bonds is 11. The number of nitrogens with two attached hydrogens (primary N) is 1. The predicted molar refractivity (Wildman–Crippen MR) is 122 cm³/mol. The van der Waals surface area contributed by atoms with Crippen molar-refractivity contribution < 1.29 is 9.53 Å². The van der Waals surface area contributed by atoms with Gasteiger partial charge in [0.2, 0.25) is 0 Å². The number of hydrogen-bond donors (Lipinski definition) is 2. The fourth-order valence-corrected chi connectivity index (χ4v) is 4.07. The molecule has 1 fully saturated rings. The zero-order valence-corrected chi connectivity index (χ0v) is 18.6. The number of hydrogen-bond acceptors (Lipinski definition) is 4. The average Bonchev–Trinajstić information content (AvgIpc) is 2.76. The summed E-state index contributed by atoms with van der Waals surface area (Å²) < 4.78 is 5.72. The lowest BCUT2D eigenvalue weighted by molar-refractivity contribution is -0.141. The van der Waals surface area contributed by atoms with E-state index in [2.05, 4.69) is 36.5 Å². The van der Waals surface area contributed by atoms with Crippen molar-refractivity contribution >= 4 is 11.7 Å². The van der Waals surface area contributed by atoms with Gasteiger partial charge in [0.05, 0.1) is 12.2 Å². The third kappa shape index (κ3) is 7.41. The molecule has 1 aromatic rings. The van der Waals surface area contributed by atoms with Crippen LogP contribution in [0, 0.1) is 5.92 Å². The van der Waals surface area contributed by atoms with Gasteiger partial charge in [-0.15, -0.1) is 0 Å². The lowest BCUT2D eigenvalue weighted by atomic mass is 9.89. The van der Waals surface area contributed by atoms with Crippen LogP contribution in [0.2, 0.25) is 0 Å². The number of unbranched alkanes of at least 4 members (excludes halogenated alkanes) is 2. The van der Waals surface area contributed by atoms with E-state index in [-0.39, 0.29) is 11.9 Å². The normalized spacial score (nSPS) is 16.8. The first-order valence-electron chi connectivity index (χ1n) is 11.6. The van der Waals surface area contributed by atoms with Crippen LogP contribution < -0.4 is 11.1 Å². The van der Waals surface area contributed by atoms with Gasteiger partial charge >= 0.3 is 5.97 Å². The maximum atomic E-state index is 12.9. The van der Waals surface area contributed by atoms with Crippen LogP contribution in [0.4, 0.5) is 5.69 Å². The van der Waals surface area contributed by atoms with Gasteiger partial charge in [0.25, 0.3) is 0 Å². The third-order valence-electron chi connectivity index (χ3n) is 6.07. The Morgan fingerprint density at radius 1 is 1.14 bits per heavy atom. The smallest absolute Gasteiger partial charge is 0.336 e. The molecule has 1 unspecified atom stereocenters. The van der Waals surface area contributed by atoms with Crippen LogP contribution in [0.1, 0.15) is 90.0 Å². The van der Waals surface area contributed by atoms with Crippen LogP contribution in [0.3, 0.4) is 0 Å². The second-order valence-electron chi connectivity index (χ2n) is 8.37. The number of nitrogens with one attached hydrogen (secondary N) is 1. The molecule has 0 aromatic heterocycles. The molecule has 0 spiro atoms. The molecule has 0 radical (unpaired) electrons. The molecule has 29 heavy (non-hydrogen) atoms. The number of anilines is 1. The molecule has 0 bridgehead atoms. The van der Waals surface area contributed by atoms with Crippen molar-refractivity contribution in [1.29, 1.82) is 0 Å². The Labute approximate surface area is 177 Å². The van der Waals surface area contributed by atoms with E-state index in [9.17, 15) is 4.79 Å². The first-order chi connectivity index (χ1) is 14.1. The number of benzene rings is 1. The van der Waals surface area contributed by atoms with Crippen molar-refractivity contribution in [2.45, 2.75) is 84.5 Å². The summed E-state index contributed by atoms with van der Waals surface area (Å²) in [5.41, 5.74) is 9.71. The predicted octanol–water partition coefficient (Wildman–Crippen LogP) is 6.14. The highest BCUT2D eigenvalue weighted by molar-refractivity contribution is 5.91. The minimum Gasteiger partial charge on any atom is -0.462 e. The highest BCUT2D eigenvalue weighted by Crippen LogP contribution is 2.29. The van der Waals surface area contributed by atoms with Crippen molar-refractivity contribution in [3.05, 3.63) is 41.1 Å². The minimum atomic E-state index is -0.246. The second kappa shape index (κ2) is 12.6. The van der Waals surface area contributed by atoms with Crippen LogP contribution in [0.5, 0.6) is 0 Å². The molecule has 1 atom stereocenters. The van der Waals surface area contributed by atoms with Crippen molar-refractivity contribution in [3.63, 3.8) is 0 Å². The van der Waals surface area contributed by atoms with Crippen LogP contribution in [-0.2, 0) is 9.53 Å². The fraction of sp³-hybridized carbons (Fsp3) is 0.640. The zero-order chi connectivity index (χ0) is 21.1. The first-order valence-corrected chi connectivity index (χ1v) is 11.6. The Kier molecular flexibility index (Phi) is 10.1. The van der Waals surface area contributed by atoms with Gasteiger partial charge in [-0.25, -0.2) is 4.79 Å². The molecule has 1 saturated carbocycles. The molecule has 1 aliphatic carbocycles. The van der Waals surface area contributed by atoms with Crippen LogP contribution in [0.25, 0.3) is 0 Å². The Morgan fingerprint density at radius 3 is 2.45 bits per heavy atom. The van der Waals surface area contributed by atoms with E-state index in [0.717, 1.165) is 30.6 Å². The van der Waals surface area contributed by atoms with Gasteiger partial charge < -0.3 is 15.8 Å². The summed E-state index contributed by atoms with van der Waals surface area (Å²) >= 11 is 0.